The van der Waals surface area contributed by atoms with Crippen LogP contribution in [0.1, 0.15) is 25.4 Å². The second kappa shape index (κ2) is 5.88. The smallest absolute Gasteiger partial charge is 0.283 e. The Kier molecular flexibility index (Phi) is 3.78. The Morgan fingerprint density at radius 1 is 1.29 bits per heavy atom. The van der Waals surface area contributed by atoms with Gasteiger partial charge in [-0.1, -0.05) is 19.1 Å². The van der Waals surface area contributed by atoms with E-state index in [-0.39, 0.29) is 0 Å². The summed E-state index contributed by atoms with van der Waals surface area (Å²) in [4.78, 5) is 0. The first-order valence-corrected chi connectivity index (χ1v) is 6.69. The predicted octanol–water partition coefficient (Wildman–Crippen LogP) is 1.47. The van der Waals surface area contributed by atoms with Crippen molar-refractivity contribution in [2.75, 3.05) is 0 Å². The van der Waals surface area contributed by atoms with E-state index in [0.717, 1.165) is 5.69 Å². The Balaban J connectivity index is 1.64. The van der Waals surface area contributed by atoms with Crippen molar-refractivity contribution in [2.45, 2.75) is 33.0 Å². The molecule has 0 aliphatic carbocycles. The fraction of sp³-hybridized carbons (Fsp3) is 0.385. The molecule has 0 radical (unpaired) electrons. The molecule has 3 aromatic rings. The standard InChI is InChI=1S/C13H16N6O2/c1-9(2)14-6-10-7-19(18-15-10)8-12-16-17-13(21-12)11-4-3-5-20-11/h3-5,7,9,14H,6,8H2,1-2H3. The molecule has 0 saturated heterocycles. The van der Waals surface area contributed by atoms with Crippen LogP contribution in [0.25, 0.3) is 11.7 Å². The van der Waals surface area contributed by atoms with Crippen molar-refractivity contribution < 1.29 is 8.83 Å². The van der Waals surface area contributed by atoms with E-state index in [9.17, 15) is 0 Å². The van der Waals surface area contributed by atoms with E-state index in [1.165, 1.54) is 0 Å². The van der Waals surface area contributed by atoms with Gasteiger partial charge in [-0.3, -0.25) is 0 Å². The van der Waals surface area contributed by atoms with Crippen molar-refractivity contribution in [3.63, 3.8) is 0 Å². The summed E-state index contributed by atoms with van der Waals surface area (Å²) in [6.45, 7) is 5.22. The quantitative estimate of drug-likeness (QED) is 0.733. The van der Waals surface area contributed by atoms with E-state index in [0.29, 0.717) is 36.7 Å². The van der Waals surface area contributed by atoms with Gasteiger partial charge in [0.1, 0.15) is 6.54 Å². The maximum Gasteiger partial charge on any atom is 0.283 e. The summed E-state index contributed by atoms with van der Waals surface area (Å²) in [5.41, 5.74) is 0.870. The lowest BCUT2D eigenvalue weighted by Crippen LogP contribution is -2.21. The molecule has 3 rings (SSSR count). The van der Waals surface area contributed by atoms with E-state index in [4.69, 9.17) is 8.83 Å². The van der Waals surface area contributed by atoms with Crippen LogP contribution in [0.15, 0.2) is 33.4 Å². The summed E-state index contributed by atoms with van der Waals surface area (Å²) in [5, 5.41) is 19.3. The van der Waals surface area contributed by atoms with Crippen molar-refractivity contribution >= 4 is 0 Å². The van der Waals surface area contributed by atoms with Crippen molar-refractivity contribution in [1.29, 1.82) is 0 Å². The second-order valence-electron chi connectivity index (χ2n) is 4.92. The third kappa shape index (κ3) is 3.34. The van der Waals surface area contributed by atoms with Gasteiger partial charge in [-0.2, -0.15) is 0 Å². The van der Waals surface area contributed by atoms with Gasteiger partial charge < -0.3 is 14.2 Å². The lowest BCUT2D eigenvalue weighted by molar-refractivity contribution is 0.454. The highest BCUT2D eigenvalue weighted by Crippen LogP contribution is 2.17. The van der Waals surface area contributed by atoms with Crippen LogP contribution < -0.4 is 5.32 Å². The van der Waals surface area contributed by atoms with Gasteiger partial charge >= 0.3 is 0 Å². The molecule has 0 aliphatic heterocycles. The Bertz CT molecular complexity index is 685. The molecule has 0 atom stereocenters. The van der Waals surface area contributed by atoms with Crippen LogP contribution in [0.5, 0.6) is 0 Å². The van der Waals surface area contributed by atoms with Crippen molar-refractivity contribution in [3.05, 3.63) is 36.2 Å². The summed E-state index contributed by atoms with van der Waals surface area (Å²) in [5.74, 6) is 1.36. The van der Waals surface area contributed by atoms with Gasteiger partial charge in [0, 0.05) is 12.6 Å². The summed E-state index contributed by atoms with van der Waals surface area (Å²) in [7, 11) is 0. The SMILES string of the molecule is CC(C)NCc1cn(Cc2nnc(-c3ccco3)o2)nn1. The van der Waals surface area contributed by atoms with Crippen LogP contribution in [0.3, 0.4) is 0 Å². The van der Waals surface area contributed by atoms with E-state index in [1.807, 2.05) is 6.20 Å². The molecule has 1 N–H and O–H groups in total. The van der Waals surface area contributed by atoms with Crippen LogP contribution in [0.2, 0.25) is 0 Å². The average Bonchev–Trinajstić information content (AvgIpc) is 3.18. The predicted molar refractivity (Wildman–Crippen MR) is 73.1 cm³/mol. The number of hydrogen-bond donors (Lipinski definition) is 1. The highest BCUT2D eigenvalue weighted by Gasteiger charge is 2.12. The molecule has 0 aromatic carbocycles. The Hall–Kier alpha value is -2.48. The monoisotopic (exact) mass is 288 g/mol. The Morgan fingerprint density at radius 2 is 2.19 bits per heavy atom. The molecule has 0 spiro atoms. The minimum atomic E-state index is 0.358. The highest BCUT2D eigenvalue weighted by atomic mass is 16.4. The Morgan fingerprint density at radius 3 is 2.95 bits per heavy atom. The van der Waals surface area contributed by atoms with E-state index < -0.39 is 0 Å². The van der Waals surface area contributed by atoms with E-state index >= 15 is 0 Å². The molecule has 110 valence electrons. The minimum Gasteiger partial charge on any atom is -0.459 e. The molecule has 0 aliphatic rings. The third-order valence-corrected chi connectivity index (χ3v) is 2.77. The maximum atomic E-state index is 5.52. The molecule has 0 amide bonds. The summed E-state index contributed by atoms with van der Waals surface area (Å²) < 4.78 is 12.4. The van der Waals surface area contributed by atoms with Gasteiger partial charge in [0.05, 0.1) is 18.2 Å². The van der Waals surface area contributed by atoms with Gasteiger partial charge in [0.2, 0.25) is 5.89 Å². The molecule has 3 aromatic heterocycles. The van der Waals surface area contributed by atoms with Crippen molar-refractivity contribution in [3.8, 4) is 11.7 Å². The normalized spacial score (nSPS) is 11.4. The average molecular weight is 288 g/mol. The zero-order valence-electron chi connectivity index (χ0n) is 11.9. The van der Waals surface area contributed by atoms with Gasteiger partial charge in [0.15, 0.2) is 5.76 Å². The number of hydrogen-bond acceptors (Lipinski definition) is 7. The summed E-state index contributed by atoms with van der Waals surface area (Å²) in [6, 6.07) is 3.94. The fourth-order valence-corrected chi connectivity index (χ4v) is 1.76. The minimum absolute atomic E-state index is 0.358. The Labute approximate surface area is 121 Å². The van der Waals surface area contributed by atoms with Crippen LogP contribution >= 0.6 is 0 Å². The van der Waals surface area contributed by atoms with E-state index in [2.05, 4.69) is 39.7 Å². The molecule has 3 heterocycles. The zero-order valence-corrected chi connectivity index (χ0v) is 11.9. The molecule has 8 heteroatoms. The third-order valence-electron chi connectivity index (χ3n) is 2.77. The molecule has 0 unspecified atom stereocenters. The topological polar surface area (TPSA) is 94.8 Å². The first kappa shape index (κ1) is 13.5. The largest absolute Gasteiger partial charge is 0.459 e. The molecule has 0 fully saturated rings. The summed E-state index contributed by atoms with van der Waals surface area (Å²) >= 11 is 0. The van der Waals surface area contributed by atoms with Crippen molar-refractivity contribution in [2.24, 2.45) is 0 Å². The lowest BCUT2D eigenvalue weighted by atomic mass is 10.3. The number of nitrogens with zero attached hydrogens (tertiary/aromatic N) is 5. The summed E-state index contributed by atoms with van der Waals surface area (Å²) in [6.07, 6.45) is 3.41. The van der Waals surface area contributed by atoms with Crippen LogP contribution in [0, 0.1) is 0 Å². The molecule has 21 heavy (non-hydrogen) atoms. The van der Waals surface area contributed by atoms with Gasteiger partial charge in [-0.05, 0) is 12.1 Å². The van der Waals surface area contributed by atoms with Crippen LogP contribution in [-0.2, 0) is 13.1 Å². The first-order valence-electron chi connectivity index (χ1n) is 6.69. The van der Waals surface area contributed by atoms with Crippen LogP contribution in [-0.4, -0.2) is 31.2 Å². The van der Waals surface area contributed by atoms with Crippen molar-refractivity contribution in [1.82, 2.24) is 30.5 Å². The maximum absolute atomic E-state index is 5.52. The first-order chi connectivity index (χ1) is 10.2. The van der Waals surface area contributed by atoms with Gasteiger partial charge in [0.25, 0.3) is 5.89 Å². The molecular formula is C13H16N6O2. The number of aromatic nitrogens is 5. The van der Waals surface area contributed by atoms with Crippen LogP contribution in [0.4, 0.5) is 0 Å². The lowest BCUT2D eigenvalue weighted by Gasteiger charge is -2.03. The number of rotatable bonds is 6. The molecule has 0 saturated carbocycles. The molecular weight excluding hydrogens is 272 g/mol. The van der Waals surface area contributed by atoms with E-state index in [1.54, 1.807) is 23.1 Å². The van der Waals surface area contributed by atoms with Gasteiger partial charge in [-0.25, -0.2) is 4.68 Å². The van der Waals surface area contributed by atoms with Gasteiger partial charge in [-0.15, -0.1) is 15.3 Å². The number of furan rings is 1. The molecule has 8 nitrogen and oxygen atoms in total. The highest BCUT2D eigenvalue weighted by molar-refractivity contribution is 5.42. The number of nitrogens with one attached hydrogen (secondary N) is 1. The fourth-order valence-electron chi connectivity index (χ4n) is 1.76. The zero-order chi connectivity index (χ0) is 14.7. The second-order valence-corrected chi connectivity index (χ2v) is 4.92. The molecule has 0 bridgehead atoms.